The van der Waals surface area contributed by atoms with Crippen molar-refractivity contribution in [2.45, 2.75) is 32.7 Å². The average Bonchev–Trinajstić information content (AvgIpc) is 2.64. The molecule has 1 unspecified atom stereocenters. The zero-order valence-electron chi connectivity index (χ0n) is 10.9. The molecule has 1 aromatic carbocycles. The summed E-state index contributed by atoms with van der Waals surface area (Å²) in [5.41, 5.74) is 2.30. The maximum absolute atomic E-state index is 4.68. The molecule has 0 saturated heterocycles. The van der Waals surface area contributed by atoms with E-state index in [4.69, 9.17) is 0 Å². The number of benzene rings is 1. The normalized spacial score (nSPS) is 13.1. The van der Waals surface area contributed by atoms with E-state index in [0.29, 0.717) is 6.04 Å². The first kappa shape index (κ1) is 12.1. The van der Waals surface area contributed by atoms with Crippen LogP contribution in [0.4, 0.5) is 0 Å². The van der Waals surface area contributed by atoms with Crippen LogP contribution in [0, 0.1) is 0 Å². The third-order valence-electron chi connectivity index (χ3n) is 3.11. The van der Waals surface area contributed by atoms with Gasteiger partial charge in [0.05, 0.1) is 11.0 Å². The lowest BCUT2D eigenvalue weighted by Crippen LogP contribution is -2.29. The fraction of sp³-hybridized carbons (Fsp3) is 0.500. The van der Waals surface area contributed by atoms with Crippen LogP contribution in [0.5, 0.6) is 0 Å². The third kappa shape index (κ3) is 2.67. The number of hydrogen-bond donors (Lipinski definition) is 1. The van der Waals surface area contributed by atoms with Crippen LogP contribution in [-0.2, 0) is 13.5 Å². The molecule has 1 atom stereocenters. The molecule has 0 saturated carbocycles. The largest absolute Gasteiger partial charge is 0.331 e. The van der Waals surface area contributed by atoms with Crippen LogP contribution in [0.1, 0.15) is 26.1 Å². The maximum atomic E-state index is 4.68. The van der Waals surface area contributed by atoms with Crippen molar-refractivity contribution >= 4 is 11.0 Å². The van der Waals surface area contributed by atoms with E-state index in [1.54, 1.807) is 0 Å². The van der Waals surface area contributed by atoms with E-state index in [1.807, 2.05) is 6.07 Å². The number of aromatic nitrogens is 2. The first-order valence-corrected chi connectivity index (χ1v) is 6.36. The Morgan fingerprint density at radius 2 is 2.12 bits per heavy atom. The van der Waals surface area contributed by atoms with E-state index in [9.17, 15) is 0 Å². The fourth-order valence-corrected chi connectivity index (χ4v) is 2.11. The standard InChI is InChI=1S/C14H21N3/c1-4-9-15-11(2)10-14-16-12-7-5-6-8-13(12)17(14)3/h5-8,11,15H,4,9-10H2,1-3H3. The van der Waals surface area contributed by atoms with Gasteiger partial charge in [-0.1, -0.05) is 19.1 Å². The van der Waals surface area contributed by atoms with Crippen molar-refractivity contribution in [2.24, 2.45) is 7.05 Å². The van der Waals surface area contributed by atoms with Gasteiger partial charge in [0.1, 0.15) is 5.82 Å². The van der Waals surface area contributed by atoms with Gasteiger partial charge in [0, 0.05) is 19.5 Å². The van der Waals surface area contributed by atoms with Crippen molar-refractivity contribution in [2.75, 3.05) is 6.54 Å². The Balaban J connectivity index is 2.16. The third-order valence-corrected chi connectivity index (χ3v) is 3.11. The summed E-state index contributed by atoms with van der Waals surface area (Å²) in [6.07, 6.45) is 2.15. The van der Waals surface area contributed by atoms with Crippen LogP contribution in [0.3, 0.4) is 0 Å². The lowest BCUT2D eigenvalue weighted by atomic mass is 10.2. The Hall–Kier alpha value is -1.35. The first-order chi connectivity index (χ1) is 8.22. The summed E-state index contributed by atoms with van der Waals surface area (Å²) >= 11 is 0. The molecular weight excluding hydrogens is 210 g/mol. The molecule has 0 bridgehead atoms. The summed E-state index contributed by atoms with van der Waals surface area (Å²) in [4.78, 5) is 4.68. The second-order valence-corrected chi connectivity index (χ2v) is 4.64. The molecule has 0 aliphatic rings. The second kappa shape index (κ2) is 5.32. The van der Waals surface area contributed by atoms with Crippen LogP contribution in [-0.4, -0.2) is 22.1 Å². The van der Waals surface area contributed by atoms with Crippen molar-refractivity contribution in [3.05, 3.63) is 30.1 Å². The quantitative estimate of drug-likeness (QED) is 0.857. The average molecular weight is 231 g/mol. The molecule has 0 spiro atoms. The van der Waals surface area contributed by atoms with Gasteiger partial charge in [-0.3, -0.25) is 0 Å². The number of imidazole rings is 1. The van der Waals surface area contributed by atoms with E-state index in [-0.39, 0.29) is 0 Å². The lowest BCUT2D eigenvalue weighted by Gasteiger charge is -2.12. The predicted molar refractivity (Wildman–Crippen MR) is 72.2 cm³/mol. The molecule has 1 aromatic heterocycles. The number of aryl methyl sites for hydroxylation is 1. The van der Waals surface area contributed by atoms with Gasteiger partial charge in [0.15, 0.2) is 0 Å². The van der Waals surface area contributed by atoms with Crippen molar-refractivity contribution in [3.63, 3.8) is 0 Å². The summed E-state index contributed by atoms with van der Waals surface area (Å²) in [6, 6.07) is 8.77. The van der Waals surface area contributed by atoms with E-state index >= 15 is 0 Å². The van der Waals surface area contributed by atoms with Crippen LogP contribution in [0.2, 0.25) is 0 Å². The highest BCUT2D eigenvalue weighted by Gasteiger charge is 2.10. The van der Waals surface area contributed by atoms with E-state index < -0.39 is 0 Å². The molecule has 2 rings (SSSR count). The van der Waals surface area contributed by atoms with E-state index in [0.717, 1.165) is 24.3 Å². The second-order valence-electron chi connectivity index (χ2n) is 4.64. The van der Waals surface area contributed by atoms with E-state index in [2.05, 4.69) is 54.0 Å². The molecule has 2 aromatic rings. The zero-order chi connectivity index (χ0) is 12.3. The fourth-order valence-electron chi connectivity index (χ4n) is 2.11. The van der Waals surface area contributed by atoms with Crippen molar-refractivity contribution < 1.29 is 0 Å². The molecule has 3 heteroatoms. The molecule has 3 nitrogen and oxygen atoms in total. The highest BCUT2D eigenvalue weighted by molar-refractivity contribution is 5.75. The van der Waals surface area contributed by atoms with Gasteiger partial charge in [0.2, 0.25) is 0 Å². The Morgan fingerprint density at radius 1 is 1.35 bits per heavy atom. The van der Waals surface area contributed by atoms with Gasteiger partial charge < -0.3 is 9.88 Å². The molecule has 0 fully saturated rings. The lowest BCUT2D eigenvalue weighted by molar-refractivity contribution is 0.527. The molecule has 17 heavy (non-hydrogen) atoms. The van der Waals surface area contributed by atoms with Crippen molar-refractivity contribution in [1.29, 1.82) is 0 Å². The van der Waals surface area contributed by atoms with Gasteiger partial charge in [-0.05, 0) is 32.0 Å². The Kier molecular flexibility index (Phi) is 3.79. The Labute approximate surface area is 103 Å². The van der Waals surface area contributed by atoms with Gasteiger partial charge >= 0.3 is 0 Å². The summed E-state index contributed by atoms with van der Waals surface area (Å²) in [7, 11) is 2.09. The van der Waals surface area contributed by atoms with Gasteiger partial charge in [-0.2, -0.15) is 0 Å². The van der Waals surface area contributed by atoms with Crippen molar-refractivity contribution in [3.8, 4) is 0 Å². The summed E-state index contributed by atoms with van der Waals surface area (Å²) in [6.45, 7) is 5.48. The summed E-state index contributed by atoms with van der Waals surface area (Å²) in [5, 5.41) is 3.50. The first-order valence-electron chi connectivity index (χ1n) is 6.36. The monoisotopic (exact) mass is 231 g/mol. The van der Waals surface area contributed by atoms with Gasteiger partial charge in [0.25, 0.3) is 0 Å². The number of nitrogens with one attached hydrogen (secondary N) is 1. The predicted octanol–water partition coefficient (Wildman–Crippen LogP) is 2.50. The van der Waals surface area contributed by atoms with Crippen LogP contribution >= 0.6 is 0 Å². The Bertz CT molecular complexity index is 487. The van der Waals surface area contributed by atoms with Crippen molar-refractivity contribution in [1.82, 2.24) is 14.9 Å². The maximum Gasteiger partial charge on any atom is 0.111 e. The molecular formula is C14H21N3. The molecule has 1 heterocycles. The van der Waals surface area contributed by atoms with Gasteiger partial charge in [-0.25, -0.2) is 4.98 Å². The molecule has 1 N–H and O–H groups in total. The number of hydrogen-bond acceptors (Lipinski definition) is 2. The molecule has 0 aliphatic heterocycles. The highest BCUT2D eigenvalue weighted by atomic mass is 15.1. The van der Waals surface area contributed by atoms with Crippen LogP contribution in [0.25, 0.3) is 11.0 Å². The van der Waals surface area contributed by atoms with Crippen LogP contribution < -0.4 is 5.32 Å². The minimum atomic E-state index is 0.477. The zero-order valence-corrected chi connectivity index (χ0v) is 10.9. The molecule has 0 aliphatic carbocycles. The molecule has 92 valence electrons. The topological polar surface area (TPSA) is 29.9 Å². The summed E-state index contributed by atoms with van der Waals surface area (Å²) in [5.74, 6) is 1.15. The van der Waals surface area contributed by atoms with E-state index in [1.165, 1.54) is 11.9 Å². The van der Waals surface area contributed by atoms with Gasteiger partial charge in [-0.15, -0.1) is 0 Å². The summed E-state index contributed by atoms with van der Waals surface area (Å²) < 4.78 is 2.19. The minimum absolute atomic E-state index is 0.477. The Morgan fingerprint density at radius 3 is 2.82 bits per heavy atom. The number of nitrogens with zero attached hydrogens (tertiary/aromatic N) is 2. The minimum Gasteiger partial charge on any atom is -0.331 e. The van der Waals surface area contributed by atoms with Crippen LogP contribution in [0.15, 0.2) is 24.3 Å². The smallest absolute Gasteiger partial charge is 0.111 e. The molecule has 0 amide bonds. The SMILES string of the molecule is CCCNC(C)Cc1nc2ccccc2n1C. The highest BCUT2D eigenvalue weighted by Crippen LogP contribution is 2.15. The molecule has 0 radical (unpaired) electrons. The number of para-hydroxylation sites is 2. The number of rotatable bonds is 5. The number of fused-ring (bicyclic) bond motifs is 1.